The monoisotopic (exact) mass is 198 g/mol. The molecule has 1 N–H and O–H groups in total. The van der Waals surface area contributed by atoms with Crippen molar-refractivity contribution in [3.8, 4) is 0 Å². The van der Waals surface area contributed by atoms with Crippen LogP contribution in [-0.2, 0) is 14.3 Å². The Balaban J connectivity index is 2.51. The first-order chi connectivity index (χ1) is 6.63. The highest BCUT2D eigenvalue weighted by Crippen LogP contribution is 2.28. The number of ether oxygens (including phenoxy) is 1. The van der Waals surface area contributed by atoms with E-state index < -0.39 is 18.4 Å². The van der Waals surface area contributed by atoms with Gasteiger partial charge < -0.3 is 9.84 Å². The third kappa shape index (κ3) is 2.87. The zero-order valence-corrected chi connectivity index (χ0v) is 8.21. The third-order valence-corrected chi connectivity index (χ3v) is 2.24. The molecule has 14 heavy (non-hydrogen) atoms. The molecule has 0 atom stereocenters. The topological polar surface area (TPSA) is 63.6 Å². The second kappa shape index (κ2) is 4.79. The molecule has 0 aliphatic heterocycles. The highest BCUT2D eigenvalue weighted by atomic mass is 16.5. The van der Waals surface area contributed by atoms with Crippen molar-refractivity contribution in [2.45, 2.75) is 39.0 Å². The first kappa shape index (κ1) is 10.8. The molecule has 0 unspecified atom stereocenters. The van der Waals surface area contributed by atoms with Crippen molar-refractivity contribution in [1.82, 2.24) is 0 Å². The maximum atomic E-state index is 11.0. The first-order valence-corrected chi connectivity index (χ1v) is 4.76. The highest BCUT2D eigenvalue weighted by molar-refractivity contribution is 5.90. The number of rotatable bonds is 4. The van der Waals surface area contributed by atoms with Gasteiger partial charge in [-0.25, -0.2) is 0 Å². The summed E-state index contributed by atoms with van der Waals surface area (Å²) in [7, 11) is 0. The van der Waals surface area contributed by atoms with Crippen LogP contribution in [-0.4, -0.2) is 17.0 Å². The average Bonchev–Trinajstić information content (AvgIpc) is 2.50. The number of hydrogen-bond acceptors (Lipinski definition) is 3. The summed E-state index contributed by atoms with van der Waals surface area (Å²) in [5.74, 6) is -1.12. The summed E-state index contributed by atoms with van der Waals surface area (Å²) in [4.78, 5) is 21.3. The number of carboxylic acids is 1. The smallest absolute Gasteiger partial charge is 0.322 e. The van der Waals surface area contributed by atoms with E-state index in [1.165, 1.54) is 0 Å². The molecule has 0 heterocycles. The second-order valence-corrected chi connectivity index (χ2v) is 3.28. The molecule has 0 radical (unpaired) electrons. The van der Waals surface area contributed by atoms with Gasteiger partial charge in [-0.3, -0.25) is 9.59 Å². The lowest BCUT2D eigenvalue weighted by Crippen LogP contribution is -2.10. The van der Waals surface area contributed by atoms with Gasteiger partial charge in [0.25, 0.3) is 0 Å². The third-order valence-electron chi connectivity index (χ3n) is 2.24. The van der Waals surface area contributed by atoms with Crippen LogP contribution in [0.5, 0.6) is 0 Å². The van der Waals surface area contributed by atoms with E-state index in [4.69, 9.17) is 9.84 Å². The molecule has 0 aromatic rings. The van der Waals surface area contributed by atoms with Gasteiger partial charge in [0.05, 0.1) is 0 Å². The summed E-state index contributed by atoms with van der Waals surface area (Å²) in [5, 5.41) is 8.36. The van der Waals surface area contributed by atoms with E-state index >= 15 is 0 Å². The molecular weight excluding hydrogens is 184 g/mol. The largest absolute Gasteiger partial charge is 0.481 e. The molecule has 0 fully saturated rings. The predicted octanol–water partition coefficient (Wildman–Crippen LogP) is 1.85. The van der Waals surface area contributed by atoms with Gasteiger partial charge >= 0.3 is 11.9 Å². The summed E-state index contributed by atoms with van der Waals surface area (Å²) < 4.78 is 4.99. The van der Waals surface area contributed by atoms with Gasteiger partial charge in [0, 0.05) is 6.42 Å². The Morgan fingerprint density at radius 3 is 2.71 bits per heavy atom. The minimum Gasteiger partial charge on any atom is -0.481 e. The van der Waals surface area contributed by atoms with Crippen molar-refractivity contribution in [2.75, 3.05) is 0 Å². The van der Waals surface area contributed by atoms with Crippen LogP contribution in [0.3, 0.4) is 0 Å². The molecule has 4 nitrogen and oxygen atoms in total. The van der Waals surface area contributed by atoms with Crippen molar-refractivity contribution in [1.29, 1.82) is 0 Å². The van der Waals surface area contributed by atoms with Crippen LogP contribution < -0.4 is 0 Å². The van der Waals surface area contributed by atoms with Crippen LogP contribution >= 0.6 is 0 Å². The van der Waals surface area contributed by atoms with Crippen molar-refractivity contribution < 1.29 is 19.4 Å². The fourth-order valence-corrected chi connectivity index (χ4v) is 1.57. The van der Waals surface area contributed by atoms with Gasteiger partial charge in [-0.1, -0.05) is 6.92 Å². The van der Waals surface area contributed by atoms with Crippen molar-refractivity contribution in [3.05, 3.63) is 11.3 Å². The molecule has 0 saturated carbocycles. The van der Waals surface area contributed by atoms with Crippen molar-refractivity contribution in [2.24, 2.45) is 0 Å². The minimum atomic E-state index is -1.15. The molecule has 0 saturated heterocycles. The average molecular weight is 198 g/mol. The van der Waals surface area contributed by atoms with Crippen molar-refractivity contribution in [3.63, 3.8) is 0 Å². The zero-order chi connectivity index (χ0) is 10.6. The second-order valence-electron chi connectivity index (χ2n) is 3.28. The molecular formula is C10H14O4. The Hall–Kier alpha value is -1.32. The maximum absolute atomic E-state index is 11.0. The van der Waals surface area contributed by atoms with E-state index in [0.717, 1.165) is 31.3 Å². The van der Waals surface area contributed by atoms with Crippen molar-refractivity contribution >= 4 is 11.9 Å². The number of hydrogen-bond donors (Lipinski definition) is 1. The number of carbonyl (C=O) groups is 2. The first-order valence-electron chi connectivity index (χ1n) is 4.76. The quantitative estimate of drug-likeness (QED) is 0.553. The number of esters is 1. The molecule has 1 aliphatic carbocycles. The lowest BCUT2D eigenvalue weighted by Gasteiger charge is -2.05. The van der Waals surface area contributed by atoms with E-state index in [0.29, 0.717) is 5.76 Å². The molecule has 78 valence electrons. The summed E-state index contributed by atoms with van der Waals surface area (Å²) in [5.41, 5.74) is 1.14. The predicted molar refractivity (Wildman–Crippen MR) is 49.5 cm³/mol. The Kier molecular flexibility index (Phi) is 3.68. The van der Waals surface area contributed by atoms with E-state index in [-0.39, 0.29) is 0 Å². The summed E-state index contributed by atoms with van der Waals surface area (Å²) in [6.07, 6.45) is 3.04. The summed E-state index contributed by atoms with van der Waals surface area (Å²) in [6.45, 7) is 2.01. The number of aliphatic carboxylic acids is 1. The summed E-state index contributed by atoms with van der Waals surface area (Å²) >= 11 is 0. The lowest BCUT2D eigenvalue weighted by atomic mass is 10.2. The Morgan fingerprint density at radius 1 is 1.43 bits per heavy atom. The molecule has 0 amide bonds. The van der Waals surface area contributed by atoms with Gasteiger partial charge in [0.1, 0.15) is 12.2 Å². The zero-order valence-electron chi connectivity index (χ0n) is 8.21. The SMILES string of the molecule is CCC1=C(OC(=O)CC(=O)O)CCC1. The van der Waals surface area contributed by atoms with Gasteiger partial charge in [0.15, 0.2) is 0 Å². The number of allylic oxidation sites excluding steroid dienone is 2. The van der Waals surface area contributed by atoms with Crippen LogP contribution in [0.25, 0.3) is 0 Å². The van der Waals surface area contributed by atoms with Gasteiger partial charge in [-0.05, 0) is 24.8 Å². The summed E-state index contributed by atoms with van der Waals surface area (Å²) in [6, 6.07) is 0. The van der Waals surface area contributed by atoms with Crippen LogP contribution in [0.15, 0.2) is 11.3 Å². The molecule has 0 aromatic carbocycles. The van der Waals surface area contributed by atoms with Gasteiger partial charge in [-0.15, -0.1) is 0 Å². The molecule has 4 heteroatoms. The van der Waals surface area contributed by atoms with Crippen LogP contribution in [0.1, 0.15) is 39.0 Å². The van der Waals surface area contributed by atoms with E-state index in [1.807, 2.05) is 6.92 Å². The lowest BCUT2D eigenvalue weighted by molar-refractivity contribution is -0.148. The Bertz CT molecular complexity index is 278. The maximum Gasteiger partial charge on any atom is 0.322 e. The number of carboxylic acid groups (broad SMARTS) is 1. The molecule has 0 bridgehead atoms. The van der Waals surface area contributed by atoms with E-state index in [1.54, 1.807) is 0 Å². The van der Waals surface area contributed by atoms with E-state index in [9.17, 15) is 9.59 Å². The minimum absolute atomic E-state index is 0.555. The fraction of sp³-hybridized carbons (Fsp3) is 0.600. The fourth-order valence-electron chi connectivity index (χ4n) is 1.57. The molecule has 0 aromatic heterocycles. The Labute approximate surface area is 82.6 Å². The van der Waals surface area contributed by atoms with Crippen LogP contribution in [0.4, 0.5) is 0 Å². The van der Waals surface area contributed by atoms with E-state index in [2.05, 4.69) is 0 Å². The van der Waals surface area contributed by atoms with Crippen LogP contribution in [0.2, 0.25) is 0 Å². The Morgan fingerprint density at radius 2 is 2.14 bits per heavy atom. The molecule has 0 spiro atoms. The molecule has 1 rings (SSSR count). The number of carbonyl (C=O) groups excluding carboxylic acids is 1. The standard InChI is InChI=1S/C10H14O4/c1-2-7-4-3-5-8(7)14-10(13)6-9(11)12/h2-6H2,1H3,(H,11,12). The van der Waals surface area contributed by atoms with Crippen LogP contribution in [0, 0.1) is 0 Å². The normalized spacial score (nSPS) is 15.8. The molecule has 1 aliphatic rings. The highest BCUT2D eigenvalue weighted by Gasteiger charge is 2.18. The van der Waals surface area contributed by atoms with Gasteiger partial charge in [-0.2, -0.15) is 0 Å². The van der Waals surface area contributed by atoms with Gasteiger partial charge in [0.2, 0.25) is 0 Å².